The first kappa shape index (κ1) is 16.3. The second-order valence-corrected chi connectivity index (χ2v) is 7.79. The first-order valence-electron chi connectivity index (χ1n) is 5.12. The van der Waals surface area contributed by atoms with Gasteiger partial charge in [-0.05, 0) is 18.2 Å². The largest absolute Gasteiger partial charge is 0.351 e. The van der Waals surface area contributed by atoms with Gasteiger partial charge in [0.25, 0.3) is 5.91 Å². The van der Waals surface area contributed by atoms with E-state index in [-0.39, 0.29) is 17.0 Å². The Hall–Kier alpha value is -0.770. The highest BCUT2D eigenvalue weighted by Gasteiger charge is 2.13. The lowest BCUT2D eigenvalue weighted by atomic mass is 10.2. The molecule has 9 heteroatoms. The number of benzene rings is 1. The molecule has 1 atom stereocenters. The van der Waals surface area contributed by atoms with Crippen molar-refractivity contribution in [1.29, 1.82) is 0 Å². The number of primary sulfonamides is 1. The summed E-state index contributed by atoms with van der Waals surface area (Å²) in [7, 11) is -4.88. The predicted molar refractivity (Wildman–Crippen MR) is 76.8 cm³/mol. The van der Waals surface area contributed by atoms with Gasteiger partial charge in [-0.25, -0.2) is 13.6 Å². The lowest BCUT2D eigenvalue weighted by Crippen LogP contribution is -2.27. The standard InChI is InChI=1S/C10H13BrN2O4S2/c1-18(15)3-2-13-10(14)7-4-8(11)6-9(5-7)19(12,16)17/h4-6H,2-3H2,1H3,(H,13,14)(H2,12,16,17). The molecule has 0 fully saturated rings. The van der Waals surface area contributed by atoms with Crippen LogP contribution in [0.3, 0.4) is 0 Å². The molecule has 0 saturated heterocycles. The van der Waals surface area contributed by atoms with E-state index in [9.17, 15) is 17.4 Å². The van der Waals surface area contributed by atoms with Gasteiger partial charge < -0.3 is 5.32 Å². The van der Waals surface area contributed by atoms with Gasteiger partial charge in [0.1, 0.15) is 0 Å². The Morgan fingerprint density at radius 3 is 2.58 bits per heavy atom. The molecule has 0 spiro atoms. The first-order chi connectivity index (χ1) is 8.70. The smallest absolute Gasteiger partial charge is 0.251 e. The SMILES string of the molecule is CS(=O)CCNC(=O)c1cc(Br)cc(S(N)(=O)=O)c1. The van der Waals surface area contributed by atoms with Crippen molar-refractivity contribution in [3.8, 4) is 0 Å². The van der Waals surface area contributed by atoms with Gasteiger partial charge in [-0.3, -0.25) is 9.00 Å². The highest BCUT2D eigenvalue weighted by molar-refractivity contribution is 9.10. The lowest BCUT2D eigenvalue weighted by Gasteiger charge is -2.06. The zero-order valence-electron chi connectivity index (χ0n) is 10.1. The molecule has 1 aromatic rings. The van der Waals surface area contributed by atoms with Crippen molar-refractivity contribution in [2.75, 3.05) is 18.6 Å². The number of carbonyl (C=O) groups is 1. The molecule has 6 nitrogen and oxygen atoms in total. The molecule has 0 radical (unpaired) electrons. The van der Waals surface area contributed by atoms with E-state index in [1.165, 1.54) is 24.5 Å². The highest BCUT2D eigenvalue weighted by atomic mass is 79.9. The van der Waals surface area contributed by atoms with Gasteiger partial charge in [-0.15, -0.1) is 0 Å². The van der Waals surface area contributed by atoms with Crippen LogP contribution in [-0.4, -0.2) is 37.1 Å². The van der Waals surface area contributed by atoms with Gasteiger partial charge in [0.15, 0.2) is 0 Å². The number of nitrogens with one attached hydrogen (secondary N) is 1. The molecule has 0 aliphatic carbocycles. The third-order valence-corrected chi connectivity index (χ3v) is 4.27. The summed E-state index contributed by atoms with van der Waals surface area (Å²) < 4.78 is 33.8. The Morgan fingerprint density at radius 2 is 2.05 bits per heavy atom. The van der Waals surface area contributed by atoms with Crippen LogP contribution in [0, 0.1) is 0 Å². The topological polar surface area (TPSA) is 106 Å². The molecule has 1 unspecified atom stereocenters. The van der Waals surface area contributed by atoms with Crippen molar-refractivity contribution in [3.63, 3.8) is 0 Å². The third-order valence-electron chi connectivity index (χ3n) is 2.14. The number of rotatable bonds is 5. The fraction of sp³-hybridized carbons (Fsp3) is 0.300. The highest BCUT2D eigenvalue weighted by Crippen LogP contribution is 2.18. The van der Waals surface area contributed by atoms with E-state index in [4.69, 9.17) is 5.14 Å². The Morgan fingerprint density at radius 1 is 1.42 bits per heavy atom. The third kappa shape index (κ3) is 5.39. The molecule has 0 aliphatic rings. The second kappa shape index (κ2) is 6.60. The van der Waals surface area contributed by atoms with Crippen LogP contribution in [0.15, 0.2) is 27.6 Å². The maximum absolute atomic E-state index is 11.8. The number of halogens is 1. The van der Waals surface area contributed by atoms with Crippen LogP contribution in [-0.2, 0) is 20.8 Å². The summed E-state index contributed by atoms with van der Waals surface area (Å²) in [6, 6.07) is 3.98. The Balaban J connectivity index is 2.92. The summed E-state index contributed by atoms with van der Waals surface area (Å²) in [5.74, 6) is -0.112. The summed E-state index contributed by atoms with van der Waals surface area (Å²) >= 11 is 3.12. The van der Waals surface area contributed by atoms with Gasteiger partial charge in [0.2, 0.25) is 10.0 Å². The Labute approximate surface area is 122 Å². The summed E-state index contributed by atoms with van der Waals surface area (Å²) in [5, 5.41) is 7.56. The minimum Gasteiger partial charge on any atom is -0.351 e. The second-order valence-electron chi connectivity index (χ2n) is 3.75. The molecule has 19 heavy (non-hydrogen) atoms. The van der Waals surface area contributed by atoms with Gasteiger partial charge in [-0.2, -0.15) is 0 Å². The van der Waals surface area contributed by atoms with Crippen molar-refractivity contribution in [2.45, 2.75) is 4.90 Å². The number of hydrogen-bond acceptors (Lipinski definition) is 4. The minimum atomic E-state index is -3.87. The van der Waals surface area contributed by atoms with Crippen LogP contribution >= 0.6 is 15.9 Å². The number of nitrogens with two attached hydrogens (primary N) is 1. The minimum absolute atomic E-state index is 0.147. The van der Waals surface area contributed by atoms with Crippen LogP contribution in [0.4, 0.5) is 0 Å². The van der Waals surface area contributed by atoms with Crippen molar-refractivity contribution in [2.24, 2.45) is 5.14 Å². The van der Waals surface area contributed by atoms with Crippen molar-refractivity contribution < 1.29 is 17.4 Å². The maximum Gasteiger partial charge on any atom is 0.251 e. The number of sulfonamides is 1. The molecule has 0 aliphatic heterocycles. The quantitative estimate of drug-likeness (QED) is 0.774. The molecule has 0 heterocycles. The van der Waals surface area contributed by atoms with Crippen LogP contribution in [0.2, 0.25) is 0 Å². The zero-order valence-corrected chi connectivity index (χ0v) is 13.3. The van der Waals surface area contributed by atoms with Crippen LogP contribution in [0.25, 0.3) is 0 Å². The molecular weight excluding hydrogens is 356 g/mol. The van der Waals surface area contributed by atoms with Gasteiger partial charge in [-0.1, -0.05) is 15.9 Å². The maximum atomic E-state index is 11.8. The summed E-state index contributed by atoms with van der Waals surface area (Å²) in [6.07, 6.45) is 1.53. The molecule has 1 rings (SSSR count). The zero-order chi connectivity index (χ0) is 14.6. The fourth-order valence-corrected chi connectivity index (χ4v) is 2.89. The first-order valence-corrected chi connectivity index (χ1v) is 9.18. The summed E-state index contributed by atoms with van der Waals surface area (Å²) in [5.41, 5.74) is 0.167. The molecule has 0 bridgehead atoms. The molecule has 0 aromatic heterocycles. The van der Waals surface area contributed by atoms with E-state index in [0.29, 0.717) is 10.2 Å². The van der Waals surface area contributed by atoms with Crippen LogP contribution in [0.5, 0.6) is 0 Å². The molecule has 1 aromatic carbocycles. The van der Waals surface area contributed by atoms with E-state index in [1.807, 2.05) is 0 Å². The van der Waals surface area contributed by atoms with Crippen molar-refractivity contribution in [1.82, 2.24) is 5.32 Å². The molecule has 1 amide bonds. The normalized spacial score (nSPS) is 13.0. The van der Waals surface area contributed by atoms with E-state index < -0.39 is 26.7 Å². The number of amides is 1. The van der Waals surface area contributed by atoms with Gasteiger partial charge >= 0.3 is 0 Å². The van der Waals surface area contributed by atoms with E-state index in [1.54, 1.807) is 0 Å². The van der Waals surface area contributed by atoms with Crippen LogP contribution in [0.1, 0.15) is 10.4 Å². The average molecular weight is 369 g/mol. The van der Waals surface area contributed by atoms with E-state index in [2.05, 4.69) is 21.2 Å². The number of carbonyl (C=O) groups excluding carboxylic acids is 1. The average Bonchev–Trinajstić information content (AvgIpc) is 2.26. The molecule has 106 valence electrons. The monoisotopic (exact) mass is 368 g/mol. The Bertz CT molecular complexity index is 616. The molecule has 0 saturated carbocycles. The number of hydrogen-bond donors (Lipinski definition) is 2. The lowest BCUT2D eigenvalue weighted by molar-refractivity contribution is 0.0956. The van der Waals surface area contributed by atoms with Crippen molar-refractivity contribution >= 4 is 42.7 Å². The van der Waals surface area contributed by atoms with Gasteiger partial charge in [0.05, 0.1) is 4.90 Å². The molecular formula is C10H13BrN2O4S2. The molecule has 3 N–H and O–H groups in total. The Kier molecular flexibility index (Phi) is 5.65. The van der Waals surface area contributed by atoms with Gasteiger partial charge in [0, 0.05) is 39.4 Å². The van der Waals surface area contributed by atoms with Crippen LogP contribution < -0.4 is 10.5 Å². The summed E-state index contributed by atoms with van der Waals surface area (Å²) in [6.45, 7) is 0.249. The summed E-state index contributed by atoms with van der Waals surface area (Å²) in [4.78, 5) is 11.6. The fourth-order valence-electron chi connectivity index (χ4n) is 1.27. The van der Waals surface area contributed by atoms with E-state index >= 15 is 0 Å². The van der Waals surface area contributed by atoms with E-state index in [0.717, 1.165) is 0 Å². The predicted octanol–water partition coefficient (Wildman–Crippen LogP) is 0.205. The van der Waals surface area contributed by atoms with Crippen molar-refractivity contribution in [3.05, 3.63) is 28.2 Å².